The van der Waals surface area contributed by atoms with Crippen LogP contribution >= 0.6 is 11.3 Å². The third-order valence-electron chi connectivity index (χ3n) is 2.49. The van der Waals surface area contributed by atoms with E-state index in [0.717, 1.165) is 18.7 Å². The van der Waals surface area contributed by atoms with E-state index in [1.807, 2.05) is 18.2 Å². The number of hydrogen-bond acceptors (Lipinski definition) is 4. The molecule has 0 aliphatic rings. The zero-order chi connectivity index (χ0) is 12.1. The van der Waals surface area contributed by atoms with Crippen LogP contribution in [0.1, 0.15) is 10.4 Å². The van der Waals surface area contributed by atoms with Crippen molar-refractivity contribution in [2.24, 2.45) is 0 Å². The van der Waals surface area contributed by atoms with Gasteiger partial charge in [-0.15, -0.1) is 11.3 Å². The molecule has 3 nitrogen and oxygen atoms in total. The van der Waals surface area contributed by atoms with E-state index < -0.39 is 0 Å². The van der Waals surface area contributed by atoms with Crippen molar-refractivity contribution < 1.29 is 0 Å². The molecular weight excluding hydrogens is 230 g/mol. The summed E-state index contributed by atoms with van der Waals surface area (Å²) >= 11 is 1.75. The Morgan fingerprint density at radius 1 is 1.29 bits per heavy atom. The molecule has 0 saturated heterocycles. The van der Waals surface area contributed by atoms with E-state index in [1.54, 1.807) is 17.4 Å². The maximum atomic E-state index is 8.86. The first-order valence-electron chi connectivity index (χ1n) is 5.36. The summed E-state index contributed by atoms with van der Waals surface area (Å²) in [7, 11) is 0. The molecule has 0 aliphatic carbocycles. The number of hydrogen-bond donors (Lipinski definition) is 2. The molecule has 0 aliphatic heterocycles. The van der Waals surface area contributed by atoms with Crippen LogP contribution in [0, 0.1) is 11.3 Å². The second kappa shape index (κ2) is 5.37. The molecule has 0 atom stereocenters. The van der Waals surface area contributed by atoms with E-state index in [9.17, 15) is 0 Å². The van der Waals surface area contributed by atoms with Crippen molar-refractivity contribution in [2.75, 3.05) is 17.6 Å². The minimum absolute atomic E-state index is 0.520. The van der Waals surface area contributed by atoms with Crippen LogP contribution in [0.15, 0.2) is 35.7 Å². The Bertz CT molecular complexity index is 526. The number of nitrogens with two attached hydrogens (primary N) is 1. The Labute approximate surface area is 105 Å². The van der Waals surface area contributed by atoms with Gasteiger partial charge in [0.05, 0.1) is 16.9 Å². The SMILES string of the molecule is N#Cc1cccc(NCCc2cccs2)c1N. The van der Waals surface area contributed by atoms with E-state index in [4.69, 9.17) is 11.0 Å². The van der Waals surface area contributed by atoms with Gasteiger partial charge in [0.2, 0.25) is 0 Å². The van der Waals surface area contributed by atoms with Gasteiger partial charge in [-0.25, -0.2) is 0 Å². The average molecular weight is 243 g/mol. The van der Waals surface area contributed by atoms with E-state index in [1.165, 1.54) is 4.88 Å². The second-order valence-electron chi connectivity index (χ2n) is 3.63. The van der Waals surface area contributed by atoms with Crippen molar-refractivity contribution in [2.45, 2.75) is 6.42 Å². The van der Waals surface area contributed by atoms with Crippen LogP contribution in [0.25, 0.3) is 0 Å². The minimum Gasteiger partial charge on any atom is -0.396 e. The summed E-state index contributed by atoms with van der Waals surface area (Å²) in [6.07, 6.45) is 0.966. The van der Waals surface area contributed by atoms with Gasteiger partial charge in [-0.1, -0.05) is 12.1 Å². The summed E-state index contributed by atoms with van der Waals surface area (Å²) in [6.45, 7) is 0.819. The lowest BCUT2D eigenvalue weighted by Gasteiger charge is -2.09. The van der Waals surface area contributed by atoms with Gasteiger partial charge in [-0.05, 0) is 30.0 Å². The quantitative estimate of drug-likeness (QED) is 0.812. The van der Waals surface area contributed by atoms with Crippen LogP contribution < -0.4 is 11.1 Å². The van der Waals surface area contributed by atoms with Crippen LogP contribution in [0.4, 0.5) is 11.4 Å². The molecule has 2 aromatic rings. The summed E-state index contributed by atoms with van der Waals surface area (Å²) in [5, 5.41) is 14.2. The third kappa shape index (κ3) is 2.77. The van der Waals surface area contributed by atoms with Crippen molar-refractivity contribution in [3.05, 3.63) is 46.2 Å². The maximum Gasteiger partial charge on any atom is 0.101 e. The van der Waals surface area contributed by atoms with Gasteiger partial charge < -0.3 is 11.1 Å². The molecule has 0 saturated carbocycles. The van der Waals surface area contributed by atoms with Crippen LogP contribution in [-0.4, -0.2) is 6.54 Å². The van der Waals surface area contributed by atoms with E-state index in [-0.39, 0.29) is 0 Å². The fourth-order valence-corrected chi connectivity index (χ4v) is 2.30. The highest BCUT2D eigenvalue weighted by atomic mass is 32.1. The van der Waals surface area contributed by atoms with Gasteiger partial charge in [0, 0.05) is 11.4 Å². The number of para-hydroxylation sites is 1. The zero-order valence-electron chi connectivity index (χ0n) is 9.31. The molecular formula is C13H13N3S. The van der Waals surface area contributed by atoms with Crippen molar-refractivity contribution in [3.63, 3.8) is 0 Å². The zero-order valence-corrected chi connectivity index (χ0v) is 10.1. The fourth-order valence-electron chi connectivity index (χ4n) is 1.59. The van der Waals surface area contributed by atoms with Crippen LogP contribution in [0.2, 0.25) is 0 Å². The summed E-state index contributed by atoms with van der Waals surface area (Å²) < 4.78 is 0. The van der Waals surface area contributed by atoms with Crippen LogP contribution in [-0.2, 0) is 6.42 Å². The Morgan fingerprint density at radius 2 is 2.18 bits per heavy atom. The minimum atomic E-state index is 0.520. The molecule has 86 valence electrons. The molecule has 1 aromatic carbocycles. The van der Waals surface area contributed by atoms with Gasteiger partial charge in [0.25, 0.3) is 0 Å². The predicted octanol–water partition coefficient (Wildman–Crippen LogP) is 2.86. The van der Waals surface area contributed by atoms with Crippen molar-refractivity contribution >= 4 is 22.7 Å². The number of rotatable bonds is 4. The summed E-state index contributed by atoms with van der Waals surface area (Å²) in [5.41, 5.74) is 7.75. The first-order valence-corrected chi connectivity index (χ1v) is 6.24. The van der Waals surface area contributed by atoms with Gasteiger partial charge in [-0.3, -0.25) is 0 Å². The molecule has 0 unspecified atom stereocenters. The molecule has 0 bridgehead atoms. The van der Waals surface area contributed by atoms with Crippen molar-refractivity contribution in [1.29, 1.82) is 5.26 Å². The van der Waals surface area contributed by atoms with Gasteiger partial charge >= 0.3 is 0 Å². The molecule has 3 N–H and O–H groups in total. The topological polar surface area (TPSA) is 61.8 Å². The average Bonchev–Trinajstić information content (AvgIpc) is 2.84. The molecule has 0 radical (unpaired) electrons. The number of nitriles is 1. The number of benzene rings is 1. The number of nitrogens with one attached hydrogen (secondary N) is 1. The Morgan fingerprint density at radius 3 is 2.88 bits per heavy atom. The molecule has 0 amide bonds. The molecule has 0 fully saturated rings. The van der Waals surface area contributed by atoms with Crippen molar-refractivity contribution in [1.82, 2.24) is 0 Å². The smallest absolute Gasteiger partial charge is 0.101 e. The fraction of sp³-hybridized carbons (Fsp3) is 0.154. The Kier molecular flexibility index (Phi) is 3.63. The van der Waals surface area contributed by atoms with Crippen molar-refractivity contribution in [3.8, 4) is 6.07 Å². The highest BCUT2D eigenvalue weighted by Gasteiger charge is 2.03. The standard InChI is InChI=1S/C13H13N3S/c14-9-10-3-1-5-12(13(10)15)16-7-6-11-4-2-8-17-11/h1-5,8,16H,6-7,15H2. The number of anilines is 2. The lowest BCUT2D eigenvalue weighted by Crippen LogP contribution is -2.06. The van der Waals surface area contributed by atoms with Crippen LogP contribution in [0.5, 0.6) is 0 Å². The van der Waals surface area contributed by atoms with Gasteiger partial charge in [0.15, 0.2) is 0 Å². The molecule has 2 rings (SSSR count). The molecule has 17 heavy (non-hydrogen) atoms. The Balaban J connectivity index is 1.98. The lowest BCUT2D eigenvalue weighted by molar-refractivity contribution is 1.04. The number of nitrogen functional groups attached to an aromatic ring is 1. The van der Waals surface area contributed by atoms with Gasteiger partial charge in [0.1, 0.15) is 6.07 Å². The predicted molar refractivity (Wildman–Crippen MR) is 72.1 cm³/mol. The number of thiophene rings is 1. The summed E-state index contributed by atoms with van der Waals surface area (Å²) in [5.74, 6) is 0. The first-order chi connectivity index (χ1) is 8.31. The summed E-state index contributed by atoms with van der Waals surface area (Å²) in [6, 6.07) is 11.7. The highest BCUT2D eigenvalue weighted by molar-refractivity contribution is 7.09. The first kappa shape index (κ1) is 11.5. The maximum absolute atomic E-state index is 8.86. The van der Waals surface area contributed by atoms with Gasteiger partial charge in [-0.2, -0.15) is 5.26 Å². The lowest BCUT2D eigenvalue weighted by atomic mass is 10.1. The van der Waals surface area contributed by atoms with E-state index in [2.05, 4.69) is 22.8 Å². The number of nitrogens with zero attached hydrogens (tertiary/aromatic N) is 1. The molecule has 1 heterocycles. The molecule has 1 aromatic heterocycles. The van der Waals surface area contributed by atoms with E-state index in [0.29, 0.717) is 11.3 Å². The normalized spacial score (nSPS) is 9.82. The largest absolute Gasteiger partial charge is 0.396 e. The molecule has 0 spiro atoms. The molecule has 4 heteroatoms. The third-order valence-corrected chi connectivity index (χ3v) is 3.43. The highest BCUT2D eigenvalue weighted by Crippen LogP contribution is 2.22. The Hall–Kier alpha value is -1.99. The van der Waals surface area contributed by atoms with E-state index >= 15 is 0 Å². The summed E-state index contributed by atoms with van der Waals surface area (Å²) in [4.78, 5) is 1.34. The van der Waals surface area contributed by atoms with Crippen LogP contribution in [0.3, 0.4) is 0 Å². The monoisotopic (exact) mass is 243 g/mol. The second-order valence-corrected chi connectivity index (χ2v) is 4.67.